The molecular weight excluding hydrogens is 438 g/mol. The van der Waals surface area contributed by atoms with Crippen LogP contribution >= 0.6 is 0 Å². The number of rotatable bonds is 8. The molecule has 0 N–H and O–H groups in total. The minimum absolute atomic E-state index is 0.152. The van der Waals surface area contributed by atoms with Crippen molar-refractivity contribution < 1.29 is 14.1 Å². The fourth-order valence-electron chi connectivity index (χ4n) is 4.67. The molecule has 1 aliphatic heterocycles. The third kappa shape index (κ3) is 5.34. The second-order valence-electron chi connectivity index (χ2n) is 8.77. The number of ketones is 1. The summed E-state index contributed by atoms with van der Waals surface area (Å²) in [5.74, 6) is 1.27. The molecule has 0 atom stereocenters. The number of hydrogen-bond acceptors (Lipinski definition) is 6. The van der Waals surface area contributed by atoms with Gasteiger partial charge < -0.3 is 9.26 Å². The van der Waals surface area contributed by atoms with E-state index >= 15 is 0 Å². The van der Waals surface area contributed by atoms with Gasteiger partial charge in [-0.15, -0.1) is 0 Å². The number of methoxy groups -OCH3 is 1. The van der Waals surface area contributed by atoms with Crippen LogP contribution in [0.3, 0.4) is 0 Å². The van der Waals surface area contributed by atoms with E-state index in [2.05, 4.69) is 75.6 Å². The van der Waals surface area contributed by atoms with Crippen LogP contribution in [0.25, 0.3) is 0 Å². The van der Waals surface area contributed by atoms with Crippen LogP contribution in [0, 0.1) is 0 Å². The summed E-state index contributed by atoms with van der Waals surface area (Å²) < 4.78 is 10.7. The van der Waals surface area contributed by atoms with Crippen LogP contribution in [0.1, 0.15) is 39.0 Å². The van der Waals surface area contributed by atoms with Gasteiger partial charge in [0.15, 0.2) is 11.5 Å². The smallest absolute Gasteiger partial charge is 0.214 e. The van der Waals surface area contributed by atoms with E-state index in [1.807, 2.05) is 0 Å². The first-order valence-electron chi connectivity index (χ1n) is 11.9. The minimum Gasteiger partial charge on any atom is -0.497 e. The average molecular weight is 468 g/mol. The number of aromatic nitrogens is 1. The molecule has 5 rings (SSSR count). The van der Waals surface area contributed by atoms with Gasteiger partial charge in [0.05, 0.1) is 19.7 Å². The predicted molar refractivity (Wildman–Crippen MR) is 135 cm³/mol. The second-order valence-corrected chi connectivity index (χ2v) is 8.77. The van der Waals surface area contributed by atoms with Gasteiger partial charge in [0.25, 0.3) is 0 Å². The number of carbonyl (C=O) groups is 1. The van der Waals surface area contributed by atoms with Gasteiger partial charge in [-0.2, -0.15) is 0 Å². The Morgan fingerprint density at radius 3 is 2.06 bits per heavy atom. The van der Waals surface area contributed by atoms with Crippen molar-refractivity contribution in [1.29, 1.82) is 0 Å². The molecule has 6 heteroatoms. The summed E-state index contributed by atoms with van der Waals surface area (Å²) >= 11 is 0. The molecule has 1 saturated heterocycles. The van der Waals surface area contributed by atoms with Gasteiger partial charge in [-0.25, -0.2) is 0 Å². The van der Waals surface area contributed by atoms with Crippen LogP contribution in [0.4, 0.5) is 0 Å². The monoisotopic (exact) mass is 467 g/mol. The highest BCUT2D eigenvalue weighted by Crippen LogP contribution is 2.29. The molecule has 0 spiro atoms. The Morgan fingerprint density at radius 2 is 1.49 bits per heavy atom. The third-order valence-electron chi connectivity index (χ3n) is 6.53. The molecule has 2 heterocycles. The standard InChI is InChI=1S/C29H29N3O3/c1-34-25-14-12-24(13-15-25)29(33)27-20-26(35-30-27)21-31-16-18-32(19-17-31)28(22-8-4-2-5-9-22)23-10-6-3-7-11-23/h2-15,20,28H,16-19,21H2,1H3. The molecule has 3 aromatic carbocycles. The van der Waals surface area contributed by atoms with E-state index < -0.39 is 0 Å². The summed E-state index contributed by atoms with van der Waals surface area (Å²) in [5, 5.41) is 4.03. The summed E-state index contributed by atoms with van der Waals surface area (Å²) in [6.07, 6.45) is 0. The van der Waals surface area contributed by atoms with E-state index in [0.29, 0.717) is 29.3 Å². The SMILES string of the molecule is COc1ccc(C(=O)c2cc(CN3CCN(C(c4ccccc4)c4ccccc4)CC3)on2)cc1. The van der Waals surface area contributed by atoms with Crippen LogP contribution in [0.15, 0.2) is 95.5 Å². The van der Waals surface area contributed by atoms with Crippen molar-refractivity contribution in [3.63, 3.8) is 0 Å². The Morgan fingerprint density at radius 1 is 0.886 bits per heavy atom. The van der Waals surface area contributed by atoms with Crippen molar-refractivity contribution in [1.82, 2.24) is 15.0 Å². The van der Waals surface area contributed by atoms with Gasteiger partial charge in [-0.1, -0.05) is 65.8 Å². The molecule has 1 fully saturated rings. The molecule has 0 unspecified atom stereocenters. The Bertz CT molecular complexity index is 1190. The Labute approximate surface area is 205 Å². The molecule has 6 nitrogen and oxygen atoms in total. The molecule has 35 heavy (non-hydrogen) atoms. The van der Waals surface area contributed by atoms with Gasteiger partial charge in [0.2, 0.25) is 5.78 Å². The fraction of sp³-hybridized carbons (Fsp3) is 0.241. The number of benzene rings is 3. The molecule has 0 aliphatic carbocycles. The number of ether oxygens (including phenoxy) is 1. The average Bonchev–Trinajstić information content (AvgIpc) is 3.39. The van der Waals surface area contributed by atoms with Crippen LogP contribution in [0.2, 0.25) is 0 Å². The van der Waals surface area contributed by atoms with E-state index in [0.717, 1.165) is 26.2 Å². The zero-order valence-electron chi connectivity index (χ0n) is 19.8. The lowest BCUT2D eigenvalue weighted by atomic mass is 9.96. The summed E-state index contributed by atoms with van der Waals surface area (Å²) in [4.78, 5) is 17.7. The first-order chi connectivity index (χ1) is 17.2. The van der Waals surface area contributed by atoms with Crippen molar-refractivity contribution >= 4 is 5.78 Å². The number of piperazine rings is 1. The maximum Gasteiger partial charge on any atom is 0.214 e. The van der Waals surface area contributed by atoms with E-state index in [4.69, 9.17) is 9.26 Å². The number of hydrogen-bond donors (Lipinski definition) is 0. The lowest BCUT2D eigenvalue weighted by Crippen LogP contribution is -2.47. The Kier molecular flexibility index (Phi) is 7.02. The summed E-state index contributed by atoms with van der Waals surface area (Å²) in [6.45, 7) is 4.36. The quantitative estimate of drug-likeness (QED) is 0.346. The van der Waals surface area contributed by atoms with Gasteiger partial charge >= 0.3 is 0 Å². The topological polar surface area (TPSA) is 58.8 Å². The van der Waals surface area contributed by atoms with Crippen molar-refractivity contribution in [3.05, 3.63) is 119 Å². The first-order valence-corrected chi connectivity index (χ1v) is 11.9. The summed E-state index contributed by atoms with van der Waals surface area (Å²) in [5.41, 5.74) is 3.51. The maximum atomic E-state index is 12.8. The molecule has 178 valence electrons. The van der Waals surface area contributed by atoms with Crippen molar-refractivity contribution in [3.8, 4) is 5.75 Å². The first kappa shape index (κ1) is 23.0. The fourth-order valence-corrected chi connectivity index (χ4v) is 4.67. The zero-order chi connectivity index (χ0) is 24.0. The molecule has 1 aliphatic rings. The molecule has 0 radical (unpaired) electrons. The van der Waals surface area contributed by atoms with Gasteiger partial charge in [0, 0.05) is 37.8 Å². The largest absolute Gasteiger partial charge is 0.497 e. The molecular formula is C29H29N3O3. The highest BCUT2D eigenvalue weighted by atomic mass is 16.5. The summed E-state index contributed by atoms with van der Waals surface area (Å²) in [6, 6.07) is 30.4. The van der Waals surface area contributed by atoms with Gasteiger partial charge in [0.1, 0.15) is 5.75 Å². The summed E-state index contributed by atoms with van der Waals surface area (Å²) in [7, 11) is 1.60. The van der Waals surface area contributed by atoms with Crippen molar-refractivity contribution in [2.24, 2.45) is 0 Å². The molecule has 4 aromatic rings. The van der Waals surface area contributed by atoms with E-state index in [1.165, 1.54) is 11.1 Å². The van der Waals surface area contributed by atoms with Gasteiger partial charge in [-0.3, -0.25) is 14.6 Å². The molecule has 0 bridgehead atoms. The van der Waals surface area contributed by atoms with E-state index in [-0.39, 0.29) is 11.8 Å². The lowest BCUT2D eigenvalue weighted by molar-refractivity contribution is 0.0977. The molecule has 1 aromatic heterocycles. The second kappa shape index (κ2) is 10.7. The predicted octanol–water partition coefficient (Wildman–Crippen LogP) is 4.82. The van der Waals surface area contributed by atoms with Crippen LogP contribution < -0.4 is 4.74 Å². The molecule has 0 amide bonds. The Hall–Kier alpha value is -3.74. The maximum absolute atomic E-state index is 12.8. The highest BCUT2D eigenvalue weighted by Gasteiger charge is 2.27. The number of nitrogens with zero attached hydrogens (tertiary/aromatic N) is 3. The lowest BCUT2D eigenvalue weighted by Gasteiger charge is -2.39. The van der Waals surface area contributed by atoms with Crippen LogP contribution in [0.5, 0.6) is 5.75 Å². The third-order valence-corrected chi connectivity index (χ3v) is 6.53. The van der Waals surface area contributed by atoms with Crippen molar-refractivity contribution in [2.45, 2.75) is 12.6 Å². The minimum atomic E-state index is -0.152. The number of carbonyl (C=O) groups excluding carboxylic acids is 1. The normalized spacial score (nSPS) is 14.8. The zero-order valence-corrected chi connectivity index (χ0v) is 19.8. The van der Waals surface area contributed by atoms with Crippen LogP contribution in [-0.4, -0.2) is 54.0 Å². The van der Waals surface area contributed by atoms with E-state index in [1.54, 1.807) is 37.4 Å². The van der Waals surface area contributed by atoms with E-state index in [9.17, 15) is 4.79 Å². The van der Waals surface area contributed by atoms with Crippen molar-refractivity contribution in [2.75, 3.05) is 33.3 Å². The van der Waals surface area contributed by atoms with Gasteiger partial charge in [-0.05, 0) is 35.4 Å². The Balaban J connectivity index is 1.22. The van der Waals surface area contributed by atoms with Crippen LogP contribution in [-0.2, 0) is 6.54 Å². The highest BCUT2D eigenvalue weighted by molar-refractivity contribution is 6.07. The molecule has 0 saturated carbocycles.